The Labute approximate surface area is 354 Å². The van der Waals surface area contributed by atoms with Gasteiger partial charge in [-0.25, -0.2) is 0 Å². The molecule has 0 bridgehead atoms. The Balaban J connectivity index is 1.09. The summed E-state index contributed by atoms with van der Waals surface area (Å²) >= 11 is 0. The summed E-state index contributed by atoms with van der Waals surface area (Å²) in [4.78, 5) is 85.6. The molecule has 0 unspecified atom stereocenters. The van der Waals surface area contributed by atoms with Gasteiger partial charge in [0.2, 0.25) is 0 Å². The Morgan fingerprint density at radius 2 is 1.03 bits per heavy atom. The van der Waals surface area contributed by atoms with Gasteiger partial charge in [-0.1, -0.05) is 39.3 Å². The van der Waals surface area contributed by atoms with E-state index in [0.717, 1.165) is 24.1 Å². The molecule has 2 aromatic carbocycles. The van der Waals surface area contributed by atoms with Crippen LogP contribution in [0.5, 0.6) is 17.2 Å². The fourth-order valence-electron chi connectivity index (χ4n) is 7.68. The van der Waals surface area contributed by atoms with E-state index in [9.17, 15) is 28.8 Å². The van der Waals surface area contributed by atoms with E-state index >= 15 is 0 Å². The third-order valence-corrected chi connectivity index (χ3v) is 14.7. The molecule has 0 radical (unpaired) electrons. The Morgan fingerprint density at radius 1 is 0.583 bits per heavy atom. The smallest absolute Gasteiger partial charge is 0.257 e. The summed E-state index contributed by atoms with van der Waals surface area (Å²) in [6.07, 6.45) is 2.04. The van der Waals surface area contributed by atoms with Crippen molar-refractivity contribution >= 4 is 62.7 Å². The summed E-state index contributed by atoms with van der Waals surface area (Å²) in [7, 11) is -1.30. The Morgan fingerprint density at radius 3 is 1.50 bits per heavy atom. The number of anilines is 2. The number of fused-ring (bicyclic) bond motifs is 4. The highest BCUT2D eigenvalue weighted by Gasteiger charge is 2.47. The van der Waals surface area contributed by atoms with Crippen molar-refractivity contribution < 1.29 is 52.5 Å². The number of rotatable bonds is 19. The van der Waals surface area contributed by atoms with Crippen LogP contribution in [-0.2, 0) is 28.7 Å². The van der Waals surface area contributed by atoms with Crippen LogP contribution in [0.1, 0.15) is 58.4 Å². The van der Waals surface area contributed by atoms with Gasteiger partial charge in [-0.05, 0) is 56.0 Å². The molecule has 4 aliphatic rings. The molecule has 4 heterocycles. The van der Waals surface area contributed by atoms with Gasteiger partial charge in [0, 0.05) is 54.3 Å². The second-order valence-electron chi connectivity index (χ2n) is 18.5. The van der Waals surface area contributed by atoms with Crippen molar-refractivity contribution in [3.8, 4) is 17.2 Å². The highest BCUT2D eigenvalue weighted by atomic mass is 28.3. The molecule has 2 saturated heterocycles. The number of nitrogens with zero attached hydrogens (tertiary/aromatic N) is 4. The van der Waals surface area contributed by atoms with E-state index in [4.69, 9.17) is 23.7 Å². The molecule has 4 amide bonds. The molecule has 0 aliphatic carbocycles. The monoisotopic (exact) mass is 864 g/mol. The van der Waals surface area contributed by atoms with Gasteiger partial charge in [0.15, 0.2) is 23.1 Å². The minimum absolute atomic E-state index is 0.0106. The quantitative estimate of drug-likeness (QED) is 0.129. The highest BCUT2D eigenvalue weighted by Crippen LogP contribution is 2.40. The molecule has 17 heteroatoms. The SMILES string of the molecule is COc1cc2c(cc1OCCCCCOc1cc3c(cc1C)C(=O)N1CC(=O)C[C@H]1C(=O)N3COCC[Si](C)(C)C)N(COCC[Si](C)(C)C)C(=O)[C@@H]1CC(=O)CN1C2=O. The number of aryl methyl sites for hydroxylation is 1. The van der Waals surface area contributed by atoms with Gasteiger partial charge in [0.1, 0.15) is 31.3 Å². The van der Waals surface area contributed by atoms with Crippen molar-refractivity contribution in [2.24, 2.45) is 0 Å². The van der Waals surface area contributed by atoms with Crippen molar-refractivity contribution in [2.45, 2.75) is 102 Å². The lowest BCUT2D eigenvalue weighted by atomic mass is 10.1. The minimum Gasteiger partial charge on any atom is -0.493 e. The number of unbranched alkanes of at least 4 members (excludes halogenated alkanes) is 2. The number of carbonyl (C=O) groups is 6. The van der Waals surface area contributed by atoms with Crippen molar-refractivity contribution in [3.63, 3.8) is 0 Å². The van der Waals surface area contributed by atoms with E-state index < -0.39 is 34.1 Å². The molecule has 4 aliphatic heterocycles. The Kier molecular flexibility index (Phi) is 13.9. The van der Waals surface area contributed by atoms with Crippen molar-refractivity contribution in [3.05, 3.63) is 41.0 Å². The second-order valence-corrected chi connectivity index (χ2v) is 29.8. The summed E-state index contributed by atoms with van der Waals surface area (Å²) < 4.78 is 30.1. The zero-order valence-electron chi connectivity index (χ0n) is 36.4. The molecule has 2 atom stereocenters. The van der Waals surface area contributed by atoms with Gasteiger partial charge in [0.05, 0.1) is 55.9 Å². The van der Waals surface area contributed by atoms with Gasteiger partial charge in [-0.3, -0.25) is 38.6 Å². The van der Waals surface area contributed by atoms with Crippen LogP contribution in [0.2, 0.25) is 51.4 Å². The summed E-state index contributed by atoms with van der Waals surface area (Å²) in [5.74, 6) is -0.517. The van der Waals surface area contributed by atoms with Gasteiger partial charge in [-0.15, -0.1) is 0 Å². The number of methoxy groups -OCH3 is 1. The molecule has 2 fully saturated rings. The number of hydrogen-bond acceptors (Lipinski definition) is 11. The van der Waals surface area contributed by atoms with E-state index in [-0.39, 0.29) is 74.2 Å². The number of benzene rings is 2. The molecule has 15 nitrogen and oxygen atoms in total. The number of carbonyl (C=O) groups excluding carboxylic acids is 6. The van der Waals surface area contributed by atoms with E-state index in [1.807, 2.05) is 6.92 Å². The molecule has 60 heavy (non-hydrogen) atoms. The first-order valence-electron chi connectivity index (χ1n) is 20.9. The molecular formula is C43H60N4O11Si2. The normalized spacial score (nSPS) is 19.3. The predicted molar refractivity (Wildman–Crippen MR) is 231 cm³/mol. The van der Waals surface area contributed by atoms with Crippen LogP contribution in [0.25, 0.3) is 0 Å². The maximum atomic E-state index is 13.9. The van der Waals surface area contributed by atoms with Gasteiger partial charge in [0.25, 0.3) is 23.6 Å². The van der Waals surface area contributed by atoms with Crippen LogP contribution >= 0.6 is 0 Å². The largest absolute Gasteiger partial charge is 0.493 e. The first-order valence-corrected chi connectivity index (χ1v) is 28.3. The first-order chi connectivity index (χ1) is 28.4. The standard InChI is InChI=1S/C43H60N4O11Si2/c1-28-18-31-33(46(26-55-14-16-59(3,4)5)42(52)35-19-29(48)24-44(35)40(31)50)22-37(28)57-12-10-9-11-13-58-39-23-34-32(21-38(39)54-2)41(51)45-25-30(49)20-36(45)43(53)47(34)27-56-15-17-60(6,7)8/h18,21-23,35-36H,9-17,19-20,24-27H2,1-8H3/t35-,36-/m0/s1. The lowest BCUT2D eigenvalue weighted by Crippen LogP contribution is -2.45. The van der Waals surface area contributed by atoms with Gasteiger partial charge in [-0.2, -0.15) is 0 Å². The van der Waals surface area contributed by atoms with Crippen molar-refractivity contribution in [1.29, 1.82) is 0 Å². The third kappa shape index (κ3) is 10.3. The topological polar surface area (TPSA) is 162 Å². The summed E-state index contributed by atoms with van der Waals surface area (Å²) in [5, 5.41) is 0. The average Bonchev–Trinajstić information content (AvgIpc) is 3.75. The molecule has 2 aromatic rings. The number of Topliss-reactive ketones (excluding diaryl/α,β-unsaturated/α-hetero) is 2. The molecule has 6 rings (SSSR count). The van der Waals surface area contributed by atoms with Crippen LogP contribution in [0.4, 0.5) is 11.4 Å². The lowest BCUT2D eigenvalue weighted by molar-refractivity contribution is -0.124. The van der Waals surface area contributed by atoms with Crippen LogP contribution in [0.15, 0.2) is 24.3 Å². The predicted octanol–water partition coefficient (Wildman–Crippen LogP) is 5.52. The summed E-state index contributed by atoms with van der Waals surface area (Å²) in [6, 6.07) is 6.76. The number of ether oxygens (including phenoxy) is 5. The molecule has 0 spiro atoms. The van der Waals surface area contributed by atoms with Crippen molar-refractivity contribution in [2.75, 3.05) is 69.9 Å². The van der Waals surface area contributed by atoms with Crippen molar-refractivity contribution in [1.82, 2.24) is 9.80 Å². The number of ketones is 2. The first kappa shape index (κ1) is 45.0. The van der Waals surface area contributed by atoms with Crippen LogP contribution < -0.4 is 24.0 Å². The molecule has 0 N–H and O–H groups in total. The molecule has 0 saturated carbocycles. The fourth-order valence-corrected chi connectivity index (χ4v) is 9.19. The fraction of sp³-hybridized carbons (Fsp3) is 0.581. The van der Waals surface area contributed by atoms with E-state index in [1.54, 1.807) is 24.3 Å². The summed E-state index contributed by atoms with van der Waals surface area (Å²) in [6.45, 7) is 16.7. The number of amides is 4. The van der Waals surface area contributed by atoms with Crippen LogP contribution in [-0.4, -0.2) is 133 Å². The van der Waals surface area contributed by atoms with Crippen LogP contribution in [0.3, 0.4) is 0 Å². The van der Waals surface area contributed by atoms with E-state index in [1.165, 1.54) is 26.7 Å². The van der Waals surface area contributed by atoms with E-state index in [0.29, 0.717) is 73.5 Å². The molecule has 326 valence electrons. The Hall–Kier alpha value is -4.59. The zero-order valence-corrected chi connectivity index (χ0v) is 38.4. The zero-order chi connectivity index (χ0) is 43.5. The van der Waals surface area contributed by atoms with E-state index in [2.05, 4.69) is 39.3 Å². The van der Waals surface area contributed by atoms with Gasteiger partial charge < -0.3 is 33.5 Å². The minimum atomic E-state index is -1.40. The maximum Gasteiger partial charge on any atom is 0.257 e. The average molecular weight is 865 g/mol. The van der Waals surface area contributed by atoms with Gasteiger partial charge >= 0.3 is 0 Å². The van der Waals surface area contributed by atoms with Crippen LogP contribution in [0, 0.1) is 6.92 Å². The lowest BCUT2D eigenvalue weighted by Gasteiger charge is -2.26. The second kappa shape index (κ2) is 18.6. The summed E-state index contributed by atoms with van der Waals surface area (Å²) in [5.41, 5.74) is 2.08. The third-order valence-electron chi connectivity index (χ3n) is 11.3. The number of hydrogen-bond donors (Lipinski definition) is 0. The maximum absolute atomic E-state index is 13.9. The molecule has 0 aromatic heterocycles. The molecular weight excluding hydrogens is 805 g/mol. The highest BCUT2D eigenvalue weighted by molar-refractivity contribution is 6.76. The Bertz CT molecular complexity index is 2010.